The predicted octanol–water partition coefficient (Wildman–Crippen LogP) is 0.535. The van der Waals surface area contributed by atoms with Crippen molar-refractivity contribution < 1.29 is 18.3 Å². The minimum absolute atomic E-state index is 0.182. The molecule has 3 atom stereocenters. The van der Waals surface area contributed by atoms with E-state index in [1.54, 1.807) is 12.1 Å². The number of carboxylic acid groups (broad SMARTS) is 1. The van der Waals surface area contributed by atoms with E-state index in [1.807, 2.05) is 19.1 Å². The second-order valence-corrected chi connectivity index (χ2v) is 7.36. The number of rotatable bonds is 4. The van der Waals surface area contributed by atoms with E-state index in [0.717, 1.165) is 11.8 Å². The number of sulfone groups is 1. The number of carbonyl (C=O) groups is 1. The Labute approximate surface area is 112 Å². The van der Waals surface area contributed by atoms with E-state index in [2.05, 4.69) is 0 Å². The van der Waals surface area contributed by atoms with Gasteiger partial charge in [0.2, 0.25) is 0 Å². The Morgan fingerprint density at radius 2 is 1.89 bits per heavy atom. The summed E-state index contributed by atoms with van der Waals surface area (Å²) in [6, 6.07) is 7.24. The van der Waals surface area contributed by atoms with Gasteiger partial charge in [-0.05, 0) is 12.5 Å². The molecule has 3 N–H and O–H groups in total. The van der Waals surface area contributed by atoms with E-state index in [1.165, 1.54) is 0 Å². The normalized spacial score (nSPS) is 30.1. The molecule has 104 valence electrons. The molecule has 1 fully saturated rings. The van der Waals surface area contributed by atoms with Crippen molar-refractivity contribution >= 4 is 15.8 Å². The highest BCUT2D eigenvalue weighted by molar-refractivity contribution is 7.91. The third-order valence-corrected chi connectivity index (χ3v) is 5.51. The van der Waals surface area contributed by atoms with E-state index in [0.29, 0.717) is 5.56 Å². The molecule has 6 heteroatoms. The quantitative estimate of drug-likeness (QED) is 0.840. The summed E-state index contributed by atoms with van der Waals surface area (Å²) in [4.78, 5) is 11.5. The van der Waals surface area contributed by atoms with Crippen LogP contribution in [0.3, 0.4) is 0 Å². The van der Waals surface area contributed by atoms with Gasteiger partial charge in [0.25, 0.3) is 0 Å². The van der Waals surface area contributed by atoms with Gasteiger partial charge in [0.1, 0.15) is 5.41 Å². The highest BCUT2D eigenvalue weighted by Gasteiger charge is 2.74. The summed E-state index contributed by atoms with van der Waals surface area (Å²) < 4.78 is 23.6. The Morgan fingerprint density at radius 1 is 1.37 bits per heavy atom. The van der Waals surface area contributed by atoms with Crippen molar-refractivity contribution in [2.24, 2.45) is 11.1 Å². The zero-order valence-electron chi connectivity index (χ0n) is 10.8. The van der Waals surface area contributed by atoms with Crippen LogP contribution in [-0.2, 0) is 14.6 Å². The van der Waals surface area contributed by atoms with Gasteiger partial charge in [-0.1, -0.05) is 29.8 Å². The van der Waals surface area contributed by atoms with E-state index in [9.17, 15) is 18.3 Å². The Kier molecular flexibility index (Phi) is 3.18. The van der Waals surface area contributed by atoms with Crippen LogP contribution in [0.25, 0.3) is 0 Å². The second-order valence-electron chi connectivity index (χ2n) is 5.19. The lowest BCUT2D eigenvalue weighted by Gasteiger charge is -2.09. The molecular formula is C13H17NO4S. The molecule has 1 aliphatic carbocycles. The topological polar surface area (TPSA) is 97.5 Å². The summed E-state index contributed by atoms with van der Waals surface area (Å²) in [5, 5.41) is 8.44. The van der Waals surface area contributed by atoms with Crippen LogP contribution in [0.1, 0.15) is 17.0 Å². The minimum Gasteiger partial charge on any atom is -0.481 e. The Balaban J connectivity index is 2.50. The van der Waals surface area contributed by atoms with E-state index in [4.69, 9.17) is 5.73 Å². The fourth-order valence-electron chi connectivity index (χ4n) is 2.87. The average Bonchev–Trinajstić information content (AvgIpc) is 3.00. The molecule has 0 radical (unpaired) electrons. The van der Waals surface area contributed by atoms with Crippen molar-refractivity contribution in [3.05, 3.63) is 35.4 Å². The smallest absolute Gasteiger partial charge is 0.312 e. The first kappa shape index (κ1) is 14.0. The van der Waals surface area contributed by atoms with Crippen LogP contribution in [-0.4, -0.2) is 37.5 Å². The zero-order chi connectivity index (χ0) is 14.4. The van der Waals surface area contributed by atoms with Crippen molar-refractivity contribution in [2.75, 3.05) is 12.8 Å². The van der Waals surface area contributed by atoms with Crippen molar-refractivity contribution in [3.8, 4) is 0 Å². The van der Waals surface area contributed by atoms with Crippen molar-refractivity contribution in [3.63, 3.8) is 0 Å². The van der Waals surface area contributed by atoms with Crippen LogP contribution >= 0.6 is 0 Å². The number of benzene rings is 1. The number of hydrogen-bond donors (Lipinski definition) is 2. The summed E-state index contributed by atoms with van der Waals surface area (Å²) >= 11 is 0. The van der Waals surface area contributed by atoms with Gasteiger partial charge in [0.15, 0.2) is 9.84 Å². The number of carboxylic acids is 1. The summed E-state index contributed by atoms with van der Waals surface area (Å²) in [6.07, 6.45) is 1.07. The maximum absolute atomic E-state index is 11.8. The van der Waals surface area contributed by atoms with Crippen LogP contribution in [0.4, 0.5) is 0 Å². The molecule has 1 aromatic rings. The van der Waals surface area contributed by atoms with Crippen molar-refractivity contribution in [2.45, 2.75) is 18.1 Å². The van der Waals surface area contributed by atoms with Crippen LogP contribution < -0.4 is 5.73 Å². The summed E-state index contributed by atoms with van der Waals surface area (Å²) in [5.41, 5.74) is 5.94. The van der Waals surface area contributed by atoms with Crippen molar-refractivity contribution in [1.82, 2.24) is 0 Å². The Bertz CT molecular complexity index is 608. The number of nitrogens with two attached hydrogens (primary N) is 1. The maximum atomic E-state index is 11.8. The predicted molar refractivity (Wildman–Crippen MR) is 71.7 cm³/mol. The van der Waals surface area contributed by atoms with Gasteiger partial charge in [0.05, 0.1) is 5.25 Å². The molecule has 2 rings (SSSR count). The number of hydrogen-bond acceptors (Lipinski definition) is 4. The first-order chi connectivity index (χ1) is 8.75. The molecule has 0 aliphatic heterocycles. The van der Waals surface area contributed by atoms with Crippen LogP contribution in [0.2, 0.25) is 0 Å². The zero-order valence-corrected chi connectivity index (χ0v) is 11.6. The summed E-state index contributed by atoms with van der Waals surface area (Å²) in [7, 11) is -3.46. The highest BCUT2D eigenvalue weighted by atomic mass is 32.2. The number of aryl methyl sites for hydroxylation is 1. The molecule has 5 nitrogen and oxygen atoms in total. The largest absolute Gasteiger partial charge is 0.481 e. The van der Waals surface area contributed by atoms with E-state index in [-0.39, 0.29) is 6.54 Å². The molecule has 1 aliphatic rings. The molecule has 0 spiro atoms. The standard InChI is InChI=1S/C13H17NO4S/c1-8-3-5-9(6-4-8)10-11(19(2,17)18)13(10,7-14)12(15)16/h3-6,10-11H,7,14H2,1-2H3,(H,15,16)/t10-,11+,13-/m0/s1. The summed E-state index contributed by atoms with van der Waals surface area (Å²) in [5.74, 6) is -1.71. The molecule has 0 unspecified atom stereocenters. The first-order valence-corrected chi connectivity index (χ1v) is 7.89. The van der Waals surface area contributed by atoms with Crippen molar-refractivity contribution in [1.29, 1.82) is 0 Å². The first-order valence-electron chi connectivity index (χ1n) is 5.94. The van der Waals surface area contributed by atoms with Crippen LogP contribution in [0, 0.1) is 12.3 Å². The Morgan fingerprint density at radius 3 is 2.21 bits per heavy atom. The van der Waals surface area contributed by atoms with E-state index < -0.39 is 32.4 Å². The molecule has 0 amide bonds. The lowest BCUT2D eigenvalue weighted by molar-refractivity contribution is -0.143. The molecule has 1 aromatic carbocycles. The molecule has 19 heavy (non-hydrogen) atoms. The van der Waals surface area contributed by atoms with Gasteiger partial charge in [-0.2, -0.15) is 0 Å². The van der Waals surface area contributed by atoms with Gasteiger partial charge in [-0.15, -0.1) is 0 Å². The van der Waals surface area contributed by atoms with Gasteiger partial charge >= 0.3 is 5.97 Å². The fraction of sp³-hybridized carbons (Fsp3) is 0.462. The molecule has 0 bridgehead atoms. The molecule has 0 aromatic heterocycles. The highest BCUT2D eigenvalue weighted by Crippen LogP contribution is 2.62. The fourth-order valence-corrected chi connectivity index (χ4v) is 4.79. The second kappa shape index (κ2) is 4.31. The van der Waals surface area contributed by atoms with Gasteiger partial charge in [-0.3, -0.25) is 4.79 Å². The average molecular weight is 283 g/mol. The van der Waals surface area contributed by atoms with Crippen LogP contribution in [0.15, 0.2) is 24.3 Å². The van der Waals surface area contributed by atoms with Gasteiger partial charge < -0.3 is 10.8 Å². The molecule has 0 heterocycles. The number of aliphatic carboxylic acids is 1. The van der Waals surface area contributed by atoms with Gasteiger partial charge in [0, 0.05) is 18.7 Å². The van der Waals surface area contributed by atoms with Crippen LogP contribution in [0.5, 0.6) is 0 Å². The molecular weight excluding hydrogens is 266 g/mol. The minimum atomic E-state index is -3.46. The monoisotopic (exact) mass is 283 g/mol. The maximum Gasteiger partial charge on any atom is 0.312 e. The van der Waals surface area contributed by atoms with E-state index >= 15 is 0 Å². The summed E-state index contributed by atoms with van der Waals surface area (Å²) in [6.45, 7) is 1.73. The Hall–Kier alpha value is -1.40. The molecule has 1 saturated carbocycles. The molecule has 0 saturated heterocycles. The third-order valence-electron chi connectivity index (χ3n) is 3.89. The SMILES string of the molecule is Cc1ccc([C@H]2[C@@H](S(C)(=O)=O)[C@@]2(CN)C(=O)O)cc1. The lowest BCUT2D eigenvalue weighted by Crippen LogP contribution is -2.31. The lowest BCUT2D eigenvalue weighted by atomic mass is 9.99. The third kappa shape index (κ3) is 2.04. The van der Waals surface area contributed by atoms with Gasteiger partial charge in [-0.25, -0.2) is 8.42 Å².